The van der Waals surface area contributed by atoms with E-state index in [0.29, 0.717) is 0 Å². The molecule has 1 aromatic heterocycles. The van der Waals surface area contributed by atoms with E-state index in [2.05, 4.69) is 289 Å². The summed E-state index contributed by atoms with van der Waals surface area (Å²) < 4.78 is 2.53. The first kappa shape index (κ1) is 40.8. The summed E-state index contributed by atoms with van der Waals surface area (Å²) in [7, 11) is 0. The minimum Gasteiger partial charge on any atom is -0.311 e. The lowest BCUT2D eigenvalue weighted by Crippen LogP contribution is -2.28. The maximum absolute atomic E-state index is 2.53. The molecule has 1 aliphatic carbocycles. The van der Waals surface area contributed by atoms with Gasteiger partial charge in [0.2, 0.25) is 0 Å². The molecule has 0 amide bonds. The minimum absolute atomic E-state index is 0.558. The van der Waals surface area contributed by atoms with Crippen molar-refractivity contribution < 1.29 is 0 Å². The van der Waals surface area contributed by atoms with Crippen LogP contribution in [0.3, 0.4) is 0 Å². The molecule has 0 saturated carbocycles. The van der Waals surface area contributed by atoms with Crippen LogP contribution in [0, 0.1) is 0 Å². The Kier molecular flexibility index (Phi) is 9.47. The molecule has 0 radical (unpaired) electrons. The second-order valence-corrected chi connectivity index (χ2v) is 18.8. The summed E-state index contributed by atoms with van der Waals surface area (Å²) in [5, 5.41) is 7.51. The smallest absolute Gasteiger partial charge is 0.0714 e. The van der Waals surface area contributed by atoms with Crippen LogP contribution in [0.1, 0.15) is 22.3 Å². The number of anilines is 3. The van der Waals surface area contributed by atoms with Crippen LogP contribution in [0.25, 0.3) is 82.4 Å². The Morgan fingerprint density at radius 3 is 1.49 bits per heavy atom. The van der Waals surface area contributed by atoms with Crippen molar-refractivity contribution in [3.05, 3.63) is 301 Å². The number of aromatic nitrogens is 1. The molecule has 0 N–H and O–H groups in total. The fourth-order valence-electron chi connectivity index (χ4n) is 12.0. The Labute approximate surface area is 413 Å². The van der Waals surface area contributed by atoms with Gasteiger partial charge in [0.1, 0.15) is 0 Å². The second-order valence-electron chi connectivity index (χ2n) is 18.8. The van der Waals surface area contributed by atoms with Crippen molar-refractivity contribution in [3.63, 3.8) is 0 Å². The molecule has 12 aromatic carbocycles. The number of rotatable bonds is 8. The summed E-state index contributed by atoms with van der Waals surface area (Å²) in [5.41, 5.74) is 18.7. The van der Waals surface area contributed by atoms with E-state index in [1.54, 1.807) is 0 Å². The van der Waals surface area contributed by atoms with Crippen molar-refractivity contribution >= 4 is 60.4 Å². The SMILES string of the molecule is c1ccc(N(c2ccccc2)c2ccc(-c3ccccc3-c3ccc4c5c6ccccc6ccc5n(-c5ccc6c(c5)C(c5ccccc5)(c5ccccc5)c5ccc7ccccc7c5-6)c4c3)cc2)cc1. The average molecular weight is 903 g/mol. The molecule has 0 spiro atoms. The lowest BCUT2D eigenvalue weighted by atomic mass is 9.67. The van der Waals surface area contributed by atoms with Gasteiger partial charge < -0.3 is 9.47 Å². The second kappa shape index (κ2) is 16.5. The Balaban J connectivity index is 0.982. The first-order valence-corrected chi connectivity index (χ1v) is 24.6. The predicted octanol–water partition coefficient (Wildman–Crippen LogP) is 18.3. The topological polar surface area (TPSA) is 8.17 Å². The Morgan fingerprint density at radius 1 is 0.310 bits per heavy atom. The van der Waals surface area contributed by atoms with Crippen LogP contribution < -0.4 is 4.90 Å². The monoisotopic (exact) mass is 902 g/mol. The van der Waals surface area contributed by atoms with Gasteiger partial charge in [0.25, 0.3) is 0 Å². The summed E-state index contributed by atoms with van der Waals surface area (Å²) in [5.74, 6) is 0. The van der Waals surface area contributed by atoms with Gasteiger partial charge in [-0.15, -0.1) is 0 Å². The van der Waals surface area contributed by atoms with Crippen molar-refractivity contribution in [3.8, 4) is 39.1 Å². The van der Waals surface area contributed by atoms with Gasteiger partial charge in [0.15, 0.2) is 0 Å². The molecule has 0 aliphatic heterocycles. The molecule has 2 heteroatoms. The summed E-state index contributed by atoms with van der Waals surface area (Å²) in [6.07, 6.45) is 0. The van der Waals surface area contributed by atoms with Gasteiger partial charge in [-0.2, -0.15) is 0 Å². The maximum Gasteiger partial charge on any atom is 0.0714 e. The normalized spacial score (nSPS) is 12.6. The number of fused-ring (bicyclic) bond motifs is 10. The molecule has 14 rings (SSSR count). The van der Waals surface area contributed by atoms with Crippen LogP contribution in [0.2, 0.25) is 0 Å². The zero-order valence-corrected chi connectivity index (χ0v) is 39.0. The highest BCUT2D eigenvalue weighted by atomic mass is 15.1. The Bertz CT molecular complexity index is 4060. The molecular weight excluding hydrogens is 857 g/mol. The number of hydrogen-bond donors (Lipinski definition) is 0. The van der Waals surface area contributed by atoms with Crippen molar-refractivity contribution in [2.24, 2.45) is 0 Å². The zero-order chi connectivity index (χ0) is 46.9. The first-order valence-electron chi connectivity index (χ1n) is 24.6. The predicted molar refractivity (Wildman–Crippen MR) is 299 cm³/mol. The highest BCUT2D eigenvalue weighted by Crippen LogP contribution is 2.58. The molecule has 0 unspecified atom stereocenters. The molecule has 1 heterocycles. The van der Waals surface area contributed by atoms with Crippen molar-refractivity contribution in [2.45, 2.75) is 5.41 Å². The fraction of sp³-hybridized carbons (Fsp3) is 0.0145. The molecule has 0 bridgehead atoms. The highest BCUT2D eigenvalue weighted by molar-refractivity contribution is 6.22. The molecule has 2 nitrogen and oxygen atoms in total. The van der Waals surface area contributed by atoms with Gasteiger partial charge in [-0.1, -0.05) is 218 Å². The van der Waals surface area contributed by atoms with Crippen LogP contribution in [0.5, 0.6) is 0 Å². The molecule has 0 fully saturated rings. The van der Waals surface area contributed by atoms with E-state index in [1.807, 2.05) is 0 Å². The van der Waals surface area contributed by atoms with Crippen LogP contribution in [-0.4, -0.2) is 4.57 Å². The third-order valence-electron chi connectivity index (χ3n) is 15.0. The van der Waals surface area contributed by atoms with E-state index in [-0.39, 0.29) is 0 Å². The van der Waals surface area contributed by atoms with Gasteiger partial charge in [0, 0.05) is 33.5 Å². The van der Waals surface area contributed by atoms with Crippen LogP contribution in [-0.2, 0) is 5.41 Å². The molecule has 332 valence electrons. The standard InChI is InChI=1S/C69H46N2/c1-5-21-51(22-6-1)69(52-23-7-2-8-24-52)63-43-36-47-19-13-15-31-59(47)67(63)61-42-40-56(46-64(61)69)71-65-44-37-48-20-14-16-32-60(48)68(65)62-41-35-50(45-66(62)71)58-30-18-17-29-57(58)49-33-38-55(39-34-49)70(53-25-9-3-10-26-53)54-27-11-4-12-28-54/h1-46H. The maximum atomic E-state index is 2.53. The van der Waals surface area contributed by atoms with Gasteiger partial charge in [-0.25, -0.2) is 0 Å². The van der Waals surface area contributed by atoms with Crippen molar-refractivity contribution in [1.82, 2.24) is 4.57 Å². The fourth-order valence-corrected chi connectivity index (χ4v) is 12.0. The highest BCUT2D eigenvalue weighted by Gasteiger charge is 2.47. The van der Waals surface area contributed by atoms with Crippen LogP contribution in [0.4, 0.5) is 17.1 Å². The third kappa shape index (κ3) is 6.35. The van der Waals surface area contributed by atoms with Crippen molar-refractivity contribution in [1.29, 1.82) is 0 Å². The van der Waals surface area contributed by atoms with Gasteiger partial charge in [-0.05, 0) is 138 Å². The van der Waals surface area contributed by atoms with E-state index in [9.17, 15) is 0 Å². The third-order valence-corrected chi connectivity index (χ3v) is 15.0. The lowest BCUT2D eigenvalue weighted by molar-refractivity contribution is 0.768. The minimum atomic E-state index is -0.558. The summed E-state index contributed by atoms with van der Waals surface area (Å²) in [6.45, 7) is 0. The molecule has 0 atom stereocenters. The van der Waals surface area contributed by atoms with Gasteiger partial charge in [-0.3, -0.25) is 0 Å². The number of benzene rings is 12. The molecule has 71 heavy (non-hydrogen) atoms. The van der Waals surface area contributed by atoms with E-state index >= 15 is 0 Å². The number of para-hydroxylation sites is 2. The Morgan fingerprint density at radius 2 is 0.831 bits per heavy atom. The molecule has 1 aliphatic rings. The van der Waals surface area contributed by atoms with E-state index in [1.165, 1.54) is 99.0 Å². The van der Waals surface area contributed by atoms with Crippen molar-refractivity contribution in [2.75, 3.05) is 4.90 Å². The quantitative estimate of drug-likeness (QED) is 0.147. The summed E-state index contributed by atoms with van der Waals surface area (Å²) in [6, 6.07) is 103. The van der Waals surface area contributed by atoms with E-state index in [4.69, 9.17) is 0 Å². The van der Waals surface area contributed by atoms with Crippen LogP contribution in [0.15, 0.2) is 279 Å². The average Bonchev–Trinajstić information content (AvgIpc) is 3.95. The van der Waals surface area contributed by atoms with E-state index < -0.39 is 5.41 Å². The number of nitrogens with zero attached hydrogens (tertiary/aromatic N) is 2. The van der Waals surface area contributed by atoms with E-state index in [0.717, 1.165) is 22.7 Å². The van der Waals surface area contributed by atoms with Crippen LogP contribution >= 0.6 is 0 Å². The van der Waals surface area contributed by atoms with Gasteiger partial charge in [0.05, 0.1) is 16.4 Å². The molecule has 0 saturated heterocycles. The zero-order valence-electron chi connectivity index (χ0n) is 39.0. The molecular formula is C69H46N2. The van der Waals surface area contributed by atoms with Gasteiger partial charge >= 0.3 is 0 Å². The largest absolute Gasteiger partial charge is 0.311 e. The lowest BCUT2D eigenvalue weighted by Gasteiger charge is -2.34. The summed E-state index contributed by atoms with van der Waals surface area (Å²) >= 11 is 0. The first-order chi connectivity index (χ1) is 35.2. The number of hydrogen-bond acceptors (Lipinski definition) is 1. The molecule has 13 aromatic rings. The Hall–Kier alpha value is -9.24. The summed E-state index contributed by atoms with van der Waals surface area (Å²) in [4.78, 5) is 2.32.